The Bertz CT molecular complexity index is 979. The molecule has 1 aliphatic carbocycles. The van der Waals surface area contributed by atoms with Crippen LogP contribution in [0.4, 0.5) is 0 Å². The van der Waals surface area contributed by atoms with E-state index < -0.39 is 12.1 Å². The number of nitriles is 1. The molecule has 0 radical (unpaired) electrons. The second-order valence-electron chi connectivity index (χ2n) is 7.51. The van der Waals surface area contributed by atoms with Crippen molar-refractivity contribution in [2.24, 2.45) is 0 Å². The monoisotopic (exact) mass is 405 g/mol. The van der Waals surface area contributed by atoms with Crippen LogP contribution in [-0.4, -0.2) is 42.6 Å². The Morgan fingerprint density at radius 2 is 2.03 bits per heavy atom. The van der Waals surface area contributed by atoms with Crippen LogP contribution in [0, 0.1) is 11.3 Å². The van der Waals surface area contributed by atoms with Gasteiger partial charge in [0.1, 0.15) is 12.4 Å². The van der Waals surface area contributed by atoms with E-state index in [-0.39, 0.29) is 31.0 Å². The van der Waals surface area contributed by atoms with Crippen LogP contribution in [-0.2, 0) is 20.9 Å². The lowest BCUT2D eigenvalue weighted by Crippen LogP contribution is -2.55. The molecule has 30 heavy (non-hydrogen) atoms. The molecule has 154 valence electrons. The number of methoxy groups -OCH3 is 1. The van der Waals surface area contributed by atoms with Gasteiger partial charge < -0.3 is 19.7 Å². The molecule has 2 fully saturated rings. The Kier molecular flexibility index (Phi) is 5.68. The van der Waals surface area contributed by atoms with Crippen molar-refractivity contribution in [3.8, 4) is 11.8 Å². The molecule has 1 saturated carbocycles. The fraction of sp³-hybridized carbons (Fsp3) is 0.348. The third-order valence-corrected chi connectivity index (χ3v) is 5.44. The second kappa shape index (κ2) is 8.56. The number of hydrogen-bond donors (Lipinski definition) is 1. The van der Waals surface area contributed by atoms with E-state index in [1.165, 1.54) is 0 Å². The lowest BCUT2D eigenvalue weighted by Gasteiger charge is -2.40. The summed E-state index contributed by atoms with van der Waals surface area (Å²) in [6.45, 7) is 0.173. The number of benzene rings is 2. The van der Waals surface area contributed by atoms with Crippen LogP contribution in [0.5, 0.6) is 5.75 Å². The van der Waals surface area contributed by atoms with Crippen LogP contribution in [0.25, 0.3) is 0 Å². The molecule has 4 rings (SSSR count). The summed E-state index contributed by atoms with van der Waals surface area (Å²) in [6, 6.07) is 16.2. The molecular formula is C23H23N3O4. The first-order valence-corrected chi connectivity index (χ1v) is 9.94. The van der Waals surface area contributed by atoms with Crippen molar-refractivity contribution in [3.05, 3.63) is 65.2 Å². The zero-order chi connectivity index (χ0) is 21.1. The van der Waals surface area contributed by atoms with E-state index in [4.69, 9.17) is 14.7 Å². The van der Waals surface area contributed by atoms with E-state index >= 15 is 0 Å². The van der Waals surface area contributed by atoms with E-state index in [2.05, 4.69) is 11.4 Å². The topological polar surface area (TPSA) is 91.7 Å². The van der Waals surface area contributed by atoms with E-state index in [0.717, 1.165) is 24.0 Å². The van der Waals surface area contributed by atoms with Crippen LogP contribution >= 0.6 is 0 Å². The van der Waals surface area contributed by atoms with Gasteiger partial charge in [-0.15, -0.1) is 0 Å². The molecule has 0 bridgehead atoms. The molecule has 1 aliphatic heterocycles. The summed E-state index contributed by atoms with van der Waals surface area (Å²) in [5, 5.41) is 12.0. The normalized spacial score (nSPS) is 21.1. The molecule has 2 atom stereocenters. The Balaban J connectivity index is 1.56. The van der Waals surface area contributed by atoms with Crippen molar-refractivity contribution >= 4 is 11.8 Å². The van der Waals surface area contributed by atoms with E-state index in [9.17, 15) is 9.59 Å². The highest BCUT2D eigenvalue weighted by Crippen LogP contribution is 2.39. The van der Waals surface area contributed by atoms with Gasteiger partial charge >= 0.3 is 0 Å². The first-order valence-electron chi connectivity index (χ1n) is 9.94. The minimum absolute atomic E-state index is 0.0934. The molecule has 2 aromatic carbocycles. The molecule has 2 aliphatic rings. The number of nitrogens with zero attached hydrogens (tertiary/aromatic N) is 2. The molecule has 7 heteroatoms. The van der Waals surface area contributed by atoms with Gasteiger partial charge in [-0.05, 0) is 48.2 Å². The number of ether oxygens (including phenoxy) is 2. The first-order chi connectivity index (χ1) is 14.6. The van der Waals surface area contributed by atoms with Gasteiger partial charge in [-0.25, -0.2) is 0 Å². The predicted molar refractivity (Wildman–Crippen MR) is 108 cm³/mol. The minimum atomic E-state index is -0.809. The van der Waals surface area contributed by atoms with Crippen LogP contribution < -0.4 is 10.1 Å². The fourth-order valence-electron chi connectivity index (χ4n) is 3.81. The Morgan fingerprint density at radius 1 is 1.27 bits per heavy atom. The molecule has 0 unspecified atom stereocenters. The maximum Gasteiger partial charge on any atom is 0.251 e. The average molecular weight is 405 g/mol. The summed E-state index contributed by atoms with van der Waals surface area (Å²) >= 11 is 0. The molecule has 7 nitrogen and oxygen atoms in total. The van der Waals surface area contributed by atoms with Crippen molar-refractivity contribution in [1.29, 1.82) is 5.26 Å². The van der Waals surface area contributed by atoms with Gasteiger partial charge in [0, 0.05) is 12.6 Å². The summed E-state index contributed by atoms with van der Waals surface area (Å²) < 4.78 is 11.0. The maximum atomic E-state index is 13.1. The van der Waals surface area contributed by atoms with Crippen molar-refractivity contribution in [2.75, 3.05) is 13.7 Å². The average Bonchev–Trinajstić information content (AvgIpc) is 3.62. The molecule has 0 aromatic heterocycles. The smallest absolute Gasteiger partial charge is 0.251 e. The fourth-order valence-corrected chi connectivity index (χ4v) is 3.81. The third-order valence-electron chi connectivity index (χ3n) is 5.44. The van der Waals surface area contributed by atoms with Gasteiger partial charge in [-0.1, -0.05) is 24.3 Å². The molecule has 2 aromatic rings. The highest BCUT2D eigenvalue weighted by atomic mass is 16.5. The number of carbonyl (C=O) groups is 2. The summed E-state index contributed by atoms with van der Waals surface area (Å²) in [5.74, 6) is 0.332. The summed E-state index contributed by atoms with van der Waals surface area (Å²) in [5.41, 5.74) is 2.20. The van der Waals surface area contributed by atoms with Crippen molar-refractivity contribution < 1.29 is 19.1 Å². The molecule has 2 amide bonds. The van der Waals surface area contributed by atoms with Crippen LogP contribution in [0.15, 0.2) is 48.5 Å². The maximum absolute atomic E-state index is 13.1. The van der Waals surface area contributed by atoms with Gasteiger partial charge in [0.2, 0.25) is 5.91 Å². The largest absolute Gasteiger partial charge is 0.497 e. The predicted octanol–water partition coefficient (Wildman–Crippen LogP) is 2.31. The standard InChI is InChI=1S/C23H23N3O4/c1-29-19-9-5-17(6-10-19)21-22(30-14-20(27)26(21)18-7-8-18)23(28)25-13-16-4-2-3-15(11-16)12-24/h2-6,9-11,18,21-22H,7-8,13-14H2,1H3,(H,25,28)/t21-,22+/m1/s1. The molecule has 1 heterocycles. The van der Waals surface area contributed by atoms with Crippen LogP contribution in [0.2, 0.25) is 0 Å². The van der Waals surface area contributed by atoms with Crippen molar-refractivity contribution in [1.82, 2.24) is 10.2 Å². The van der Waals surface area contributed by atoms with E-state index in [0.29, 0.717) is 11.3 Å². The van der Waals surface area contributed by atoms with E-state index in [1.54, 1.807) is 25.3 Å². The molecule has 1 N–H and O–H groups in total. The van der Waals surface area contributed by atoms with E-state index in [1.807, 2.05) is 35.2 Å². The number of amides is 2. The zero-order valence-electron chi connectivity index (χ0n) is 16.7. The van der Waals surface area contributed by atoms with Crippen LogP contribution in [0.1, 0.15) is 35.6 Å². The quantitative estimate of drug-likeness (QED) is 0.796. The van der Waals surface area contributed by atoms with Crippen LogP contribution in [0.3, 0.4) is 0 Å². The third kappa shape index (κ3) is 4.14. The summed E-state index contributed by atoms with van der Waals surface area (Å²) in [7, 11) is 1.59. The number of nitrogens with one attached hydrogen (secondary N) is 1. The Labute approximate surface area is 175 Å². The number of carbonyl (C=O) groups excluding carboxylic acids is 2. The zero-order valence-corrected chi connectivity index (χ0v) is 16.7. The second-order valence-corrected chi connectivity index (χ2v) is 7.51. The number of hydrogen-bond acceptors (Lipinski definition) is 5. The Hall–Kier alpha value is -3.37. The van der Waals surface area contributed by atoms with Gasteiger partial charge in [0.25, 0.3) is 5.91 Å². The molecule has 0 spiro atoms. The highest BCUT2D eigenvalue weighted by molar-refractivity contribution is 5.86. The summed E-state index contributed by atoms with van der Waals surface area (Å²) in [6.07, 6.45) is 1.07. The van der Waals surface area contributed by atoms with Gasteiger partial charge in [0.05, 0.1) is 24.8 Å². The van der Waals surface area contributed by atoms with Gasteiger partial charge in [0.15, 0.2) is 6.10 Å². The molecular weight excluding hydrogens is 382 g/mol. The van der Waals surface area contributed by atoms with Crippen molar-refractivity contribution in [2.45, 2.75) is 37.6 Å². The lowest BCUT2D eigenvalue weighted by atomic mass is 9.96. The SMILES string of the molecule is COc1ccc([C@@H]2[C@@H](C(=O)NCc3cccc(C#N)c3)OCC(=O)N2C2CC2)cc1. The minimum Gasteiger partial charge on any atom is -0.497 e. The Morgan fingerprint density at radius 3 is 2.70 bits per heavy atom. The van der Waals surface area contributed by atoms with Gasteiger partial charge in [-0.3, -0.25) is 9.59 Å². The number of morpholine rings is 1. The lowest BCUT2D eigenvalue weighted by molar-refractivity contribution is -0.165. The highest BCUT2D eigenvalue weighted by Gasteiger charge is 2.47. The first kappa shape index (κ1) is 19.9. The van der Waals surface area contributed by atoms with Gasteiger partial charge in [-0.2, -0.15) is 5.26 Å². The molecule has 1 saturated heterocycles. The van der Waals surface area contributed by atoms with Crippen molar-refractivity contribution in [3.63, 3.8) is 0 Å². The number of rotatable bonds is 6. The summed E-state index contributed by atoms with van der Waals surface area (Å²) in [4.78, 5) is 27.5.